The van der Waals surface area contributed by atoms with Crippen molar-refractivity contribution in [1.29, 1.82) is 0 Å². The maximum absolute atomic E-state index is 12.1. The van der Waals surface area contributed by atoms with Gasteiger partial charge in [0.15, 0.2) is 0 Å². The van der Waals surface area contributed by atoms with Gasteiger partial charge in [-0.05, 0) is 42.5 Å². The van der Waals surface area contributed by atoms with Gasteiger partial charge < -0.3 is 10.6 Å². The van der Waals surface area contributed by atoms with E-state index in [0.29, 0.717) is 13.0 Å². The van der Waals surface area contributed by atoms with Crippen LogP contribution in [0.2, 0.25) is 0 Å². The van der Waals surface area contributed by atoms with Crippen molar-refractivity contribution in [2.45, 2.75) is 46.3 Å². The van der Waals surface area contributed by atoms with E-state index in [4.69, 9.17) is 0 Å². The number of nitrogens with one attached hydrogen (secondary N) is 2. The summed E-state index contributed by atoms with van der Waals surface area (Å²) >= 11 is 0. The van der Waals surface area contributed by atoms with Crippen LogP contribution < -0.4 is 10.6 Å². The van der Waals surface area contributed by atoms with Crippen LogP contribution in [0.4, 0.5) is 0 Å². The molecule has 2 aromatic rings. The zero-order chi connectivity index (χ0) is 16.4. The van der Waals surface area contributed by atoms with Gasteiger partial charge in [-0.25, -0.2) is 0 Å². The van der Waals surface area contributed by atoms with E-state index >= 15 is 0 Å². The Morgan fingerprint density at radius 1 is 1.30 bits per heavy atom. The minimum absolute atomic E-state index is 0.0891. The Morgan fingerprint density at radius 3 is 2.83 bits per heavy atom. The highest BCUT2D eigenvalue weighted by Crippen LogP contribution is 2.17. The van der Waals surface area contributed by atoms with Crippen molar-refractivity contribution >= 4 is 5.91 Å². The summed E-state index contributed by atoms with van der Waals surface area (Å²) in [5.41, 5.74) is 7.21. The highest BCUT2D eigenvalue weighted by atomic mass is 16.1. The molecule has 0 bridgehead atoms. The van der Waals surface area contributed by atoms with Crippen molar-refractivity contribution in [1.82, 2.24) is 20.4 Å². The van der Waals surface area contributed by atoms with Crippen LogP contribution in [0.25, 0.3) is 0 Å². The molecule has 0 saturated heterocycles. The van der Waals surface area contributed by atoms with Gasteiger partial charge in [0.05, 0.1) is 5.69 Å². The molecule has 0 atom stereocenters. The number of hydrogen-bond acceptors (Lipinski definition) is 3. The molecule has 23 heavy (non-hydrogen) atoms. The van der Waals surface area contributed by atoms with Crippen molar-refractivity contribution in [3.05, 3.63) is 51.8 Å². The van der Waals surface area contributed by atoms with Gasteiger partial charge in [0.2, 0.25) is 5.91 Å². The summed E-state index contributed by atoms with van der Waals surface area (Å²) in [6.45, 7) is 6.52. The van der Waals surface area contributed by atoms with Crippen LogP contribution in [0.3, 0.4) is 0 Å². The Bertz CT molecular complexity index is 733. The lowest BCUT2D eigenvalue weighted by atomic mass is 10.1. The van der Waals surface area contributed by atoms with Crippen LogP contribution in [-0.4, -0.2) is 15.7 Å². The van der Waals surface area contributed by atoms with E-state index in [2.05, 4.69) is 33.9 Å². The molecule has 2 N–H and O–H groups in total. The zero-order valence-electron chi connectivity index (χ0n) is 14.1. The predicted molar refractivity (Wildman–Crippen MR) is 89.8 cm³/mol. The van der Waals surface area contributed by atoms with E-state index in [-0.39, 0.29) is 5.91 Å². The van der Waals surface area contributed by atoms with Gasteiger partial charge in [-0.15, -0.1) is 0 Å². The van der Waals surface area contributed by atoms with Gasteiger partial charge >= 0.3 is 0 Å². The normalized spacial score (nSPS) is 13.2. The molecule has 5 nitrogen and oxygen atoms in total. The molecule has 0 fully saturated rings. The van der Waals surface area contributed by atoms with Crippen molar-refractivity contribution < 1.29 is 4.79 Å². The molecule has 0 saturated carbocycles. The number of hydrogen-bond donors (Lipinski definition) is 2. The first-order valence-electron chi connectivity index (χ1n) is 8.12. The van der Waals surface area contributed by atoms with Crippen molar-refractivity contribution in [3.63, 3.8) is 0 Å². The number of fused-ring (bicyclic) bond motifs is 1. The lowest BCUT2D eigenvalue weighted by Crippen LogP contribution is -2.23. The lowest BCUT2D eigenvalue weighted by Gasteiger charge is -2.07. The number of aromatic nitrogens is 2. The first-order valence-corrected chi connectivity index (χ1v) is 8.12. The average Bonchev–Trinajstić information content (AvgIpc) is 3.08. The fourth-order valence-corrected chi connectivity index (χ4v) is 3.16. The van der Waals surface area contributed by atoms with Crippen molar-refractivity contribution in [2.75, 3.05) is 0 Å². The minimum Gasteiger partial charge on any atom is -0.352 e. The van der Waals surface area contributed by atoms with E-state index in [1.54, 1.807) is 0 Å². The van der Waals surface area contributed by atoms with Gasteiger partial charge in [-0.3, -0.25) is 9.48 Å². The van der Waals surface area contributed by atoms with Gasteiger partial charge in [0, 0.05) is 38.8 Å². The topological polar surface area (TPSA) is 59.0 Å². The molecule has 1 aromatic heterocycles. The molecule has 0 unspecified atom stereocenters. The monoisotopic (exact) mass is 312 g/mol. The number of nitrogens with zero attached hydrogens (tertiary/aromatic N) is 2. The molecule has 5 heteroatoms. The third-order valence-corrected chi connectivity index (χ3v) is 4.65. The highest BCUT2D eigenvalue weighted by molar-refractivity contribution is 5.76. The standard InChI is InChI=1S/C18H24N4O/c1-12-17(13(2)22(3)21-12)6-7-18(23)20-9-14-4-5-15-10-19-11-16(15)8-14/h4-5,8,19H,6-7,9-11H2,1-3H3,(H,20,23). The van der Waals surface area contributed by atoms with E-state index in [1.807, 2.05) is 25.6 Å². The summed E-state index contributed by atoms with van der Waals surface area (Å²) in [5.74, 6) is 0.0891. The van der Waals surface area contributed by atoms with E-state index < -0.39 is 0 Å². The molecule has 0 spiro atoms. The average molecular weight is 312 g/mol. The zero-order valence-corrected chi connectivity index (χ0v) is 14.1. The van der Waals surface area contributed by atoms with Gasteiger partial charge in [-0.1, -0.05) is 18.2 Å². The van der Waals surface area contributed by atoms with E-state index in [0.717, 1.165) is 36.5 Å². The summed E-state index contributed by atoms with van der Waals surface area (Å²) in [5, 5.41) is 10.7. The SMILES string of the molecule is Cc1nn(C)c(C)c1CCC(=O)NCc1ccc2c(c1)CNC2. The fourth-order valence-electron chi connectivity index (χ4n) is 3.16. The van der Waals surface area contributed by atoms with Crippen molar-refractivity contribution in [2.24, 2.45) is 7.05 Å². The van der Waals surface area contributed by atoms with Crippen LogP contribution in [-0.2, 0) is 37.9 Å². The number of aryl methyl sites for hydroxylation is 2. The van der Waals surface area contributed by atoms with Crippen LogP contribution in [0, 0.1) is 13.8 Å². The first kappa shape index (κ1) is 15.7. The van der Waals surface area contributed by atoms with E-state index in [1.165, 1.54) is 16.7 Å². The summed E-state index contributed by atoms with van der Waals surface area (Å²) in [6, 6.07) is 6.44. The first-order chi connectivity index (χ1) is 11.0. The molecule has 1 aromatic carbocycles. The molecule has 0 aliphatic carbocycles. The second-order valence-corrected chi connectivity index (χ2v) is 6.26. The molecule has 0 radical (unpaired) electrons. The van der Waals surface area contributed by atoms with Crippen LogP contribution in [0.1, 0.15) is 40.1 Å². The maximum atomic E-state index is 12.1. The third kappa shape index (κ3) is 3.45. The summed E-state index contributed by atoms with van der Waals surface area (Å²) < 4.78 is 1.88. The number of benzene rings is 1. The smallest absolute Gasteiger partial charge is 0.220 e. The molecule has 122 valence electrons. The fraction of sp³-hybridized carbons (Fsp3) is 0.444. The molecular formula is C18H24N4O. The second kappa shape index (κ2) is 6.54. The number of carbonyl (C=O) groups is 1. The van der Waals surface area contributed by atoms with Crippen LogP contribution in [0.5, 0.6) is 0 Å². The molecule has 2 heterocycles. The van der Waals surface area contributed by atoms with Gasteiger partial charge in [0.25, 0.3) is 0 Å². The minimum atomic E-state index is 0.0891. The Balaban J connectivity index is 1.52. The predicted octanol–water partition coefficient (Wildman–Crippen LogP) is 1.89. The number of carbonyl (C=O) groups excluding carboxylic acids is 1. The summed E-state index contributed by atoms with van der Waals surface area (Å²) in [6.07, 6.45) is 1.24. The molecular weight excluding hydrogens is 288 g/mol. The maximum Gasteiger partial charge on any atom is 0.220 e. The quantitative estimate of drug-likeness (QED) is 0.886. The van der Waals surface area contributed by atoms with Gasteiger partial charge in [0.1, 0.15) is 0 Å². The van der Waals surface area contributed by atoms with E-state index in [9.17, 15) is 4.79 Å². The largest absolute Gasteiger partial charge is 0.352 e. The van der Waals surface area contributed by atoms with Crippen LogP contribution in [0.15, 0.2) is 18.2 Å². The Morgan fingerprint density at radius 2 is 2.09 bits per heavy atom. The molecule has 1 aliphatic rings. The Labute approximate surface area is 137 Å². The third-order valence-electron chi connectivity index (χ3n) is 4.65. The number of rotatable bonds is 5. The summed E-state index contributed by atoms with van der Waals surface area (Å²) in [7, 11) is 1.94. The molecule has 3 rings (SSSR count). The summed E-state index contributed by atoms with van der Waals surface area (Å²) in [4.78, 5) is 12.1. The lowest BCUT2D eigenvalue weighted by molar-refractivity contribution is -0.121. The van der Waals surface area contributed by atoms with Crippen molar-refractivity contribution in [3.8, 4) is 0 Å². The highest BCUT2D eigenvalue weighted by Gasteiger charge is 2.12. The number of amides is 1. The molecule has 1 amide bonds. The molecule has 1 aliphatic heterocycles. The van der Waals surface area contributed by atoms with Crippen LogP contribution >= 0.6 is 0 Å². The Hall–Kier alpha value is -2.14. The van der Waals surface area contributed by atoms with Gasteiger partial charge in [-0.2, -0.15) is 5.10 Å². The Kier molecular flexibility index (Phi) is 4.48. The second-order valence-electron chi connectivity index (χ2n) is 6.26.